The Morgan fingerprint density at radius 1 is 1.19 bits per heavy atom. The molecule has 26 heavy (non-hydrogen) atoms. The van der Waals surface area contributed by atoms with Gasteiger partial charge in [-0.3, -0.25) is 4.79 Å². The number of halogens is 1. The van der Waals surface area contributed by atoms with E-state index in [4.69, 9.17) is 0 Å². The molecule has 1 N–H and O–H groups in total. The standard InChI is InChI=1S/C20H21FN4O/c1-13-10-14(2)25-18(22-13)12-17(24-25)19(26)23-20(8-3-4-9-20)15-6-5-7-16(21)11-15/h5-7,10-12H,3-4,8-9H2,1-2H3,(H,23,26). The zero-order valence-electron chi connectivity index (χ0n) is 14.9. The molecule has 2 heterocycles. The number of hydrogen-bond acceptors (Lipinski definition) is 3. The van der Waals surface area contributed by atoms with Crippen molar-refractivity contribution in [1.29, 1.82) is 0 Å². The van der Waals surface area contributed by atoms with E-state index in [9.17, 15) is 9.18 Å². The van der Waals surface area contributed by atoms with Gasteiger partial charge in [0.05, 0.1) is 5.54 Å². The molecule has 1 aliphatic rings. The van der Waals surface area contributed by atoms with Crippen LogP contribution in [0, 0.1) is 19.7 Å². The third-order valence-corrected chi connectivity index (χ3v) is 5.15. The maximum atomic E-state index is 13.7. The average molecular weight is 352 g/mol. The van der Waals surface area contributed by atoms with E-state index in [1.807, 2.05) is 26.0 Å². The number of rotatable bonds is 3. The van der Waals surface area contributed by atoms with Gasteiger partial charge < -0.3 is 5.32 Å². The molecule has 1 aliphatic carbocycles. The monoisotopic (exact) mass is 352 g/mol. The molecule has 6 heteroatoms. The van der Waals surface area contributed by atoms with Crippen LogP contribution in [0.5, 0.6) is 0 Å². The number of aryl methyl sites for hydroxylation is 2. The van der Waals surface area contributed by atoms with Crippen molar-refractivity contribution in [1.82, 2.24) is 19.9 Å². The minimum Gasteiger partial charge on any atom is -0.341 e. The van der Waals surface area contributed by atoms with Crippen LogP contribution in [0.3, 0.4) is 0 Å². The lowest BCUT2D eigenvalue weighted by Crippen LogP contribution is -2.44. The van der Waals surface area contributed by atoms with Crippen molar-refractivity contribution in [3.8, 4) is 0 Å². The Bertz CT molecular complexity index is 989. The first-order valence-electron chi connectivity index (χ1n) is 8.89. The van der Waals surface area contributed by atoms with Crippen molar-refractivity contribution >= 4 is 11.6 Å². The zero-order valence-corrected chi connectivity index (χ0v) is 14.9. The molecule has 1 saturated carbocycles. The van der Waals surface area contributed by atoms with Gasteiger partial charge in [-0.15, -0.1) is 0 Å². The van der Waals surface area contributed by atoms with Crippen molar-refractivity contribution in [2.45, 2.75) is 45.1 Å². The average Bonchev–Trinajstić information content (AvgIpc) is 3.22. The van der Waals surface area contributed by atoms with Crippen LogP contribution in [-0.4, -0.2) is 20.5 Å². The molecule has 0 atom stereocenters. The van der Waals surface area contributed by atoms with Gasteiger partial charge in [0, 0.05) is 17.5 Å². The lowest BCUT2D eigenvalue weighted by molar-refractivity contribution is 0.0892. The Balaban J connectivity index is 1.68. The van der Waals surface area contributed by atoms with E-state index in [1.54, 1.807) is 16.6 Å². The summed E-state index contributed by atoms with van der Waals surface area (Å²) in [5.74, 6) is -0.537. The van der Waals surface area contributed by atoms with Crippen molar-refractivity contribution in [2.75, 3.05) is 0 Å². The summed E-state index contributed by atoms with van der Waals surface area (Å²) in [6.45, 7) is 3.85. The van der Waals surface area contributed by atoms with Gasteiger partial charge in [-0.25, -0.2) is 13.9 Å². The van der Waals surface area contributed by atoms with E-state index >= 15 is 0 Å². The number of fused-ring (bicyclic) bond motifs is 1. The van der Waals surface area contributed by atoms with Gasteiger partial charge in [0.25, 0.3) is 5.91 Å². The third-order valence-electron chi connectivity index (χ3n) is 5.15. The molecule has 0 spiro atoms. The molecular weight excluding hydrogens is 331 g/mol. The first-order chi connectivity index (χ1) is 12.5. The van der Waals surface area contributed by atoms with Crippen molar-refractivity contribution in [3.63, 3.8) is 0 Å². The largest absolute Gasteiger partial charge is 0.341 e. The van der Waals surface area contributed by atoms with E-state index < -0.39 is 5.54 Å². The number of benzene rings is 1. The predicted molar refractivity (Wildman–Crippen MR) is 96.5 cm³/mol. The summed E-state index contributed by atoms with van der Waals surface area (Å²) in [7, 11) is 0. The Labute approximate surface area is 151 Å². The zero-order chi connectivity index (χ0) is 18.3. The maximum absolute atomic E-state index is 13.7. The molecule has 0 radical (unpaired) electrons. The molecule has 2 aromatic heterocycles. The lowest BCUT2D eigenvalue weighted by Gasteiger charge is -2.30. The Kier molecular flexibility index (Phi) is 3.98. The number of carbonyl (C=O) groups excluding carboxylic acids is 1. The van der Waals surface area contributed by atoms with Crippen LogP contribution in [-0.2, 0) is 5.54 Å². The van der Waals surface area contributed by atoms with Crippen LogP contribution in [0.15, 0.2) is 36.4 Å². The number of carbonyl (C=O) groups is 1. The van der Waals surface area contributed by atoms with E-state index in [2.05, 4.69) is 15.4 Å². The van der Waals surface area contributed by atoms with E-state index in [0.29, 0.717) is 11.3 Å². The summed E-state index contributed by atoms with van der Waals surface area (Å²) in [4.78, 5) is 17.4. The highest BCUT2D eigenvalue weighted by atomic mass is 19.1. The molecular formula is C20H21FN4O. The predicted octanol–water partition coefficient (Wildman–Crippen LogP) is 3.68. The van der Waals surface area contributed by atoms with Crippen molar-refractivity contribution in [3.05, 3.63) is 64.9 Å². The summed E-state index contributed by atoms with van der Waals surface area (Å²) in [5, 5.41) is 7.54. The van der Waals surface area contributed by atoms with E-state index in [0.717, 1.165) is 42.6 Å². The number of aromatic nitrogens is 3. The molecule has 0 saturated heterocycles. The smallest absolute Gasteiger partial charge is 0.272 e. The first kappa shape index (κ1) is 16.7. The fourth-order valence-corrected chi connectivity index (χ4v) is 3.93. The normalized spacial score (nSPS) is 16.1. The SMILES string of the molecule is Cc1cc(C)n2nc(C(=O)NC3(c4cccc(F)c4)CCCC3)cc2n1. The van der Waals surface area contributed by atoms with Gasteiger partial charge in [-0.05, 0) is 50.5 Å². The second-order valence-corrected chi connectivity index (χ2v) is 7.09. The lowest BCUT2D eigenvalue weighted by atomic mass is 9.88. The van der Waals surface area contributed by atoms with Gasteiger partial charge >= 0.3 is 0 Å². The van der Waals surface area contributed by atoms with Crippen LogP contribution < -0.4 is 5.32 Å². The van der Waals surface area contributed by atoms with E-state index in [-0.39, 0.29) is 11.7 Å². The summed E-state index contributed by atoms with van der Waals surface area (Å²) in [6, 6.07) is 10.1. The molecule has 1 aromatic carbocycles. The topological polar surface area (TPSA) is 59.3 Å². The minimum atomic E-state index is -0.534. The van der Waals surface area contributed by atoms with Gasteiger partial charge in [0.2, 0.25) is 0 Å². The summed E-state index contributed by atoms with van der Waals surface area (Å²) >= 11 is 0. The fourth-order valence-electron chi connectivity index (χ4n) is 3.93. The summed E-state index contributed by atoms with van der Waals surface area (Å²) < 4.78 is 15.4. The van der Waals surface area contributed by atoms with Crippen molar-refractivity contribution in [2.24, 2.45) is 0 Å². The highest BCUT2D eigenvalue weighted by molar-refractivity contribution is 5.94. The second kappa shape index (κ2) is 6.20. The van der Waals surface area contributed by atoms with Crippen LogP contribution in [0.2, 0.25) is 0 Å². The van der Waals surface area contributed by atoms with Gasteiger partial charge in [0.1, 0.15) is 5.82 Å². The molecule has 5 nitrogen and oxygen atoms in total. The molecule has 1 fully saturated rings. The summed E-state index contributed by atoms with van der Waals surface area (Å²) in [6.07, 6.45) is 3.60. The second-order valence-electron chi connectivity index (χ2n) is 7.09. The molecule has 0 bridgehead atoms. The highest BCUT2D eigenvalue weighted by Gasteiger charge is 2.38. The molecule has 1 amide bonds. The van der Waals surface area contributed by atoms with Crippen LogP contribution in [0.25, 0.3) is 5.65 Å². The maximum Gasteiger partial charge on any atom is 0.272 e. The van der Waals surface area contributed by atoms with Gasteiger partial charge in [-0.2, -0.15) is 5.10 Å². The van der Waals surface area contributed by atoms with E-state index in [1.165, 1.54) is 12.1 Å². The molecule has 3 aromatic rings. The molecule has 0 aliphatic heterocycles. The number of nitrogens with one attached hydrogen (secondary N) is 1. The van der Waals surface area contributed by atoms with Crippen LogP contribution in [0.1, 0.15) is 53.1 Å². The third kappa shape index (κ3) is 2.85. The fraction of sp³-hybridized carbons (Fsp3) is 0.350. The quantitative estimate of drug-likeness (QED) is 0.782. The number of hydrogen-bond donors (Lipinski definition) is 1. The van der Waals surface area contributed by atoms with Crippen LogP contribution >= 0.6 is 0 Å². The first-order valence-corrected chi connectivity index (χ1v) is 8.89. The molecule has 134 valence electrons. The molecule has 4 rings (SSSR count). The van der Waals surface area contributed by atoms with Crippen molar-refractivity contribution < 1.29 is 9.18 Å². The van der Waals surface area contributed by atoms with Crippen LogP contribution in [0.4, 0.5) is 4.39 Å². The summed E-state index contributed by atoms with van der Waals surface area (Å²) in [5.41, 5.74) is 3.07. The highest BCUT2D eigenvalue weighted by Crippen LogP contribution is 2.39. The van der Waals surface area contributed by atoms with Gasteiger partial charge in [0.15, 0.2) is 11.3 Å². The Hall–Kier alpha value is -2.76. The Morgan fingerprint density at radius 3 is 2.69 bits per heavy atom. The Morgan fingerprint density at radius 2 is 1.96 bits per heavy atom. The number of nitrogens with zero attached hydrogens (tertiary/aromatic N) is 3. The molecule has 0 unspecified atom stereocenters. The minimum absolute atomic E-state index is 0.251. The number of amides is 1. The van der Waals surface area contributed by atoms with Gasteiger partial charge in [-0.1, -0.05) is 25.0 Å².